The van der Waals surface area contributed by atoms with Gasteiger partial charge in [0.15, 0.2) is 11.5 Å². The van der Waals surface area contributed by atoms with Crippen molar-refractivity contribution in [2.75, 3.05) is 25.2 Å². The van der Waals surface area contributed by atoms with Crippen LogP contribution < -0.4 is 9.47 Å². The molecule has 28 heavy (non-hydrogen) atoms. The van der Waals surface area contributed by atoms with Gasteiger partial charge in [0, 0.05) is 11.5 Å². The third-order valence-electron chi connectivity index (χ3n) is 4.47. The van der Waals surface area contributed by atoms with Gasteiger partial charge in [0.2, 0.25) is 0 Å². The van der Waals surface area contributed by atoms with Gasteiger partial charge in [0.05, 0.1) is 22.8 Å². The Morgan fingerprint density at radius 3 is 2.29 bits per heavy atom. The number of carbonyl (C=O) groups is 3. The maximum absolute atomic E-state index is 12.4. The summed E-state index contributed by atoms with van der Waals surface area (Å²) >= 11 is 3.74. The minimum Gasteiger partial charge on any atom is -0.493 e. The molecule has 2 aliphatic rings. The van der Waals surface area contributed by atoms with E-state index < -0.39 is 24.3 Å². The van der Waals surface area contributed by atoms with Crippen LogP contribution in [0, 0.1) is 0 Å². The summed E-state index contributed by atoms with van der Waals surface area (Å²) < 4.78 is 11.1. The van der Waals surface area contributed by atoms with Gasteiger partial charge in [-0.2, -0.15) is 0 Å². The van der Waals surface area contributed by atoms with Gasteiger partial charge in [0.25, 0.3) is 11.8 Å². The lowest BCUT2D eigenvalue weighted by Crippen LogP contribution is -2.36. The van der Waals surface area contributed by atoms with E-state index in [-0.39, 0.29) is 5.75 Å². The number of benzene rings is 2. The van der Waals surface area contributed by atoms with E-state index in [2.05, 4.69) is 0 Å². The molecule has 1 fully saturated rings. The zero-order valence-electron chi connectivity index (χ0n) is 15.0. The molecular weight excluding hydrogens is 398 g/mol. The summed E-state index contributed by atoms with van der Waals surface area (Å²) in [6.07, 6.45) is 0. The molecule has 0 saturated carbocycles. The molecule has 2 heterocycles. The second kappa shape index (κ2) is 7.89. The maximum Gasteiger partial charge on any atom is 0.331 e. The molecule has 0 aliphatic carbocycles. The van der Waals surface area contributed by atoms with Gasteiger partial charge < -0.3 is 9.47 Å². The summed E-state index contributed by atoms with van der Waals surface area (Å²) in [6, 6.07) is 12.0. The van der Waals surface area contributed by atoms with Gasteiger partial charge in [-0.15, -0.1) is 23.5 Å². The summed E-state index contributed by atoms with van der Waals surface area (Å²) in [7, 11) is 1.51. The molecular formula is C20H17NO5S2. The average molecular weight is 415 g/mol. The summed E-state index contributed by atoms with van der Waals surface area (Å²) in [5.41, 5.74) is 1.70. The fourth-order valence-electron chi connectivity index (χ4n) is 3.13. The third-order valence-corrected chi connectivity index (χ3v) is 7.58. The van der Waals surface area contributed by atoms with Gasteiger partial charge in [0.1, 0.15) is 6.54 Å². The zero-order valence-corrected chi connectivity index (χ0v) is 16.7. The molecule has 2 aromatic carbocycles. The zero-order chi connectivity index (χ0) is 19.7. The van der Waals surface area contributed by atoms with Crippen LogP contribution in [-0.2, 0) is 4.79 Å². The van der Waals surface area contributed by atoms with E-state index in [1.807, 2.05) is 35.7 Å². The fraction of sp³-hybridized carbons (Fsp3) is 0.250. The number of ether oxygens (including phenoxy) is 2. The Hall–Kier alpha value is -2.45. The van der Waals surface area contributed by atoms with Crippen molar-refractivity contribution in [3.05, 3.63) is 59.2 Å². The van der Waals surface area contributed by atoms with E-state index >= 15 is 0 Å². The topological polar surface area (TPSA) is 72.9 Å². The van der Waals surface area contributed by atoms with Crippen LogP contribution in [0.3, 0.4) is 0 Å². The minimum atomic E-state index is -0.704. The molecule has 0 atom stereocenters. The molecule has 0 radical (unpaired) electrons. The number of methoxy groups -OCH3 is 1. The highest BCUT2D eigenvalue weighted by molar-refractivity contribution is 8.19. The average Bonchev–Trinajstić information content (AvgIpc) is 3.33. The number of fused-ring (bicyclic) bond motifs is 1. The number of esters is 1. The van der Waals surface area contributed by atoms with Crippen LogP contribution >= 0.6 is 23.5 Å². The molecule has 0 bridgehead atoms. The molecule has 0 spiro atoms. The van der Waals surface area contributed by atoms with Crippen LogP contribution in [-0.4, -0.2) is 47.8 Å². The van der Waals surface area contributed by atoms with Gasteiger partial charge in [-0.1, -0.05) is 18.2 Å². The predicted molar refractivity (Wildman–Crippen MR) is 108 cm³/mol. The van der Waals surface area contributed by atoms with Gasteiger partial charge >= 0.3 is 5.97 Å². The fourth-order valence-corrected chi connectivity index (χ4v) is 5.97. The lowest BCUT2D eigenvalue weighted by atomic mass is 10.1. The van der Waals surface area contributed by atoms with E-state index in [0.717, 1.165) is 22.0 Å². The Morgan fingerprint density at radius 2 is 1.68 bits per heavy atom. The largest absolute Gasteiger partial charge is 0.493 e. The quantitative estimate of drug-likeness (QED) is 0.421. The molecule has 0 unspecified atom stereocenters. The molecule has 2 aromatic rings. The number of rotatable bonds is 5. The normalized spacial score (nSPS) is 16.4. The molecule has 144 valence electrons. The van der Waals surface area contributed by atoms with E-state index in [0.29, 0.717) is 21.5 Å². The predicted octanol–water partition coefficient (Wildman–Crippen LogP) is 3.38. The van der Waals surface area contributed by atoms with Crippen molar-refractivity contribution in [2.24, 2.45) is 0 Å². The van der Waals surface area contributed by atoms with Crippen molar-refractivity contribution in [1.29, 1.82) is 0 Å². The van der Waals surface area contributed by atoms with E-state index in [1.54, 1.807) is 30.3 Å². The van der Waals surface area contributed by atoms with E-state index in [4.69, 9.17) is 9.47 Å². The molecule has 0 N–H and O–H groups in total. The summed E-state index contributed by atoms with van der Waals surface area (Å²) in [4.78, 5) is 38.0. The van der Waals surface area contributed by atoms with Crippen LogP contribution in [0.4, 0.5) is 0 Å². The lowest BCUT2D eigenvalue weighted by Gasteiger charge is -2.16. The van der Waals surface area contributed by atoms with E-state index in [1.165, 1.54) is 7.11 Å². The molecule has 1 saturated heterocycles. The molecule has 8 heteroatoms. The Kier molecular flexibility index (Phi) is 5.32. The monoisotopic (exact) mass is 415 g/mol. The molecule has 0 aromatic heterocycles. The van der Waals surface area contributed by atoms with Crippen LogP contribution in [0.15, 0.2) is 42.5 Å². The first-order chi connectivity index (χ1) is 13.6. The number of hydrogen-bond acceptors (Lipinski definition) is 7. The third kappa shape index (κ3) is 3.49. The smallest absolute Gasteiger partial charge is 0.331 e. The highest BCUT2D eigenvalue weighted by atomic mass is 32.2. The number of amides is 2. The SMILES string of the molecule is COc1cc(C2SCCS2)ccc1OC(=O)CN1C(=O)c2ccccc2C1=O. The van der Waals surface area contributed by atoms with E-state index in [9.17, 15) is 14.4 Å². The van der Waals surface area contributed by atoms with Gasteiger partial charge in [-0.3, -0.25) is 14.5 Å². The molecule has 2 amide bonds. The van der Waals surface area contributed by atoms with Crippen molar-refractivity contribution in [1.82, 2.24) is 4.90 Å². The van der Waals surface area contributed by atoms with Crippen LogP contribution in [0.1, 0.15) is 30.9 Å². The molecule has 6 nitrogen and oxygen atoms in total. The number of hydrogen-bond donors (Lipinski definition) is 0. The summed E-state index contributed by atoms with van der Waals surface area (Å²) in [5, 5.41) is 0. The van der Waals surface area contributed by atoms with Crippen molar-refractivity contribution in [3.63, 3.8) is 0 Å². The second-order valence-corrected chi connectivity index (χ2v) is 8.92. The standard InChI is InChI=1S/C20H17NO5S2/c1-25-16-10-12(20-27-8-9-28-20)6-7-15(16)26-17(22)11-21-18(23)13-4-2-3-5-14(13)19(21)24/h2-7,10,20H,8-9,11H2,1H3. The van der Waals surface area contributed by atoms with Crippen molar-refractivity contribution >= 4 is 41.3 Å². The Labute approximate surface area is 170 Å². The molecule has 4 rings (SSSR count). The van der Waals surface area contributed by atoms with Crippen LogP contribution in [0.25, 0.3) is 0 Å². The van der Waals surface area contributed by atoms with Gasteiger partial charge in [-0.25, -0.2) is 4.79 Å². The summed E-state index contributed by atoms with van der Waals surface area (Å²) in [6.45, 7) is -0.453. The maximum atomic E-state index is 12.4. The van der Waals surface area contributed by atoms with Crippen molar-refractivity contribution in [3.8, 4) is 11.5 Å². The number of imide groups is 1. The highest BCUT2D eigenvalue weighted by Gasteiger charge is 2.36. The first-order valence-corrected chi connectivity index (χ1v) is 10.8. The first-order valence-electron chi connectivity index (χ1n) is 8.65. The van der Waals surface area contributed by atoms with Crippen molar-refractivity contribution < 1.29 is 23.9 Å². The Morgan fingerprint density at radius 1 is 1.04 bits per heavy atom. The highest BCUT2D eigenvalue weighted by Crippen LogP contribution is 2.46. The number of thioether (sulfide) groups is 2. The van der Waals surface area contributed by atoms with Crippen molar-refractivity contribution in [2.45, 2.75) is 4.58 Å². The Balaban J connectivity index is 1.47. The Bertz CT molecular complexity index is 920. The number of carbonyl (C=O) groups excluding carboxylic acids is 3. The first kappa shape index (κ1) is 18.9. The van der Waals surface area contributed by atoms with Gasteiger partial charge in [-0.05, 0) is 29.8 Å². The van der Waals surface area contributed by atoms with Crippen LogP contribution in [0.5, 0.6) is 11.5 Å². The molecule has 2 aliphatic heterocycles. The number of nitrogens with zero attached hydrogens (tertiary/aromatic N) is 1. The minimum absolute atomic E-state index is 0.265. The lowest BCUT2D eigenvalue weighted by molar-refractivity contribution is -0.134. The summed E-state index contributed by atoms with van der Waals surface area (Å²) in [5.74, 6) is 1.24. The van der Waals surface area contributed by atoms with Crippen LogP contribution in [0.2, 0.25) is 0 Å². The second-order valence-electron chi connectivity index (χ2n) is 6.20.